The minimum atomic E-state index is -2.02. The van der Waals surface area contributed by atoms with Crippen LogP contribution in [-0.2, 0) is 4.74 Å². The molecule has 0 aromatic heterocycles. The first kappa shape index (κ1) is 12.6. The van der Waals surface area contributed by atoms with Crippen LogP contribution in [-0.4, -0.2) is 62.3 Å². The standard InChI is InChI=1S/C9H16O6/c1-2-3-9(14)8(13)7(12)6(11)5(4-10)15-9/h2,5-8,10-14H,1,3-4H2/t5-,6+,7+,8-,9-/m1/s1. The van der Waals surface area contributed by atoms with Gasteiger partial charge in [0.1, 0.15) is 24.4 Å². The molecule has 5 atom stereocenters. The monoisotopic (exact) mass is 220 g/mol. The maximum atomic E-state index is 9.80. The van der Waals surface area contributed by atoms with Crippen molar-refractivity contribution < 1.29 is 30.3 Å². The minimum Gasteiger partial charge on any atom is -0.394 e. The van der Waals surface area contributed by atoms with Crippen LogP contribution in [0, 0.1) is 0 Å². The van der Waals surface area contributed by atoms with Crippen LogP contribution in [0.25, 0.3) is 0 Å². The lowest BCUT2D eigenvalue weighted by Gasteiger charge is -2.45. The van der Waals surface area contributed by atoms with Gasteiger partial charge in [0.15, 0.2) is 5.79 Å². The average Bonchev–Trinajstić information content (AvgIpc) is 2.21. The first-order valence-corrected chi connectivity index (χ1v) is 4.62. The molecular formula is C9H16O6. The van der Waals surface area contributed by atoms with Crippen LogP contribution >= 0.6 is 0 Å². The molecule has 0 aliphatic carbocycles. The van der Waals surface area contributed by atoms with E-state index in [9.17, 15) is 20.4 Å². The molecular weight excluding hydrogens is 204 g/mol. The van der Waals surface area contributed by atoms with E-state index in [-0.39, 0.29) is 6.42 Å². The van der Waals surface area contributed by atoms with Crippen molar-refractivity contribution in [3.05, 3.63) is 12.7 Å². The molecule has 0 aromatic rings. The van der Waals surface area contributed by atoms with E-state index in [2.05, 4.69) is 6.58 Å². The Morgan fingerprint density at radius 1 is 1.27 bits per heavy atom. The molecule has 0 spiro atoms. The molecule has 15 heavy (non-hydrogen) atoms. The molecule has 1 heterocycles. The quantitative estimate of drug-likeness (QED) is 0.343. The van der Waals surface area contributed by atoms with Crippen molar-refractivity contribution in [2.24, 2.45) is 0 Å². The lowest BCUT2D eigenvalue weighted by Crippen LogP contribution is -2.64. The Morgan fingerprint density at radius 2 is 1.87 bits per heavy atom. The SMILES string of the molecule is C=CC[C@@]1(O)O[C@H](CO)[C@H](O)[C@H](O)[C@H]1O. The summed E-state index contributed by atoms with van der Waals surface area (Å²) >= 11 is 0. The minimum absolute atomic E-state index is 0.117. The first-order chi connectivity index (χ1) is 6.96. The summed E-state index contributed by atoms with van der Waals surface area (Å²) < 4.78 is 4.93. The van der Waals surface area contributed by atoms with Gasteiger partial charge in [0, 0.05) is 6.42 Å². The van der Waals surface area contributed by atoms with Gasteiger partial charge in [-0.2, -0.15) is 0 Å². The zero-order valence-corrected chi connectivity index (χ0v) is 8.15. The third kappa shape index (κ3) is 2.20. The largest absolute Gasteiger partial charge is 0.394 e. The van der Waals surface area contributed by atoms with E-state index >= 15 is 0 Å². The highest BCUT2D eigenvalue weighted by Gasteiger charge is 2.51. The van der Waals surface area contributed by atoms with Gasteiger partial charge in [-0.15, -0.1) is 6.58 Å². The van der Waals surface area contributed by atoms with Gasteiger partial charge in [0.05, 0.1) is 6.61 Å². The van der Waals surface area contributed by atoms with Crippen molar-refractivity contribution >= 4 is 0 Å². The Kier molecular flexibility index (Phi) is 3.82. The van der Waals surface area contributed by atoms with Gasteiger partial charge in [0.2, 0.25) is 0 Å². The average molecular weight is 220 g/mol. The van der Waals surface area contributed by atoms with Gasteiger partial charge in [-0.05, 0) is 0 Å². The molecule has 0 unspecified atom stereocenters. The van der Waals surface area contributed by atoms with E-state index in [1.54, 1.807) is 0 Å². The van der Waals surface area contributed by atoms with Crippen LogP contribution in [0.15, 0.2) is 12.7 Å². The predicted molar refractivity (Wildman–Crippen MR) is 49.7 cm³/mol. The van der Waals surface area contributed by atoms with E-state index in [1.807, 2.05) is 0 Å². The van der Waals surface area contributed by atoms with Crippen LogP contribution < -0.4 is 0 Å². The molecule has 0 aromatic carbocycles. The highest BCUT2D eigenvalue weighted by atomic mass is 16.7. The van der Waals surface area contributed by atoms with Crippen molar-refractivity contribution in [1.82, 2.24) is 0 Å². The second kappa shape index (κ2) is 4.56. The Bertz CT molecular complexity index is 231. The maximum Gasteiger partial charge on any atom is 0.198 e. The van der Waals surface area contributed by atoms with E-state index in [1.165, 1.54) is 6.08 Å². The molecule has 1 rings (SSSR count). The van der Waals surface area contributed by atoms with E-state index in [0.29, 0.717) is 0 Å². The Morgan fingerprint density at radius 3 is 2.33 bits per heavy atom. The lowest BCUT2D eigenvalue weighted by atomic mass is 9.91. The molecule has 5 N–H and O–H groups in total. The van der Waals surface area contributed by atoms with Gasteiger partial charge in [0.25, 0.3) is 0 Å². The van der Waals surface area contributed by atoms with Crippen molar-refractivity contribution in [3.8, 4) is 0 Å². The number of rotatable bonds is 3. The van der Waals surface area contributed by atoms with Gasteiger partial charge in [-0.25, -0.2) is 0 Å². The van der Waals surface area contributed by atoms with Gasteiger partial charge < -0.3 is 30.3 Å². The highest BCUT2D eigenvalue weighted by Crippen LogP contribution is 2.30. The summed E-state index contributed by atoms with van der Waals surface area (Å²) in [6, 6.07) is 0. The summed E-state index contributed by atoms with van der Waals surface area (Å²) in [4.78, 5) is 0. The Hall–Kier alpha value is -0.500. The summed E-state index contributed by atoms with van der Waals surface area (Å²) in [6.45, 7) is 2.81. The molecule has 1 aliphatic rings. The topological polar surface area (TPSA) is 110 Å². The Balaban J connectivity index is 2.86. The fourth-order valence-corrected chi connectivity index (χ4v) is 1.60. The second-order valence-corrected chi connectivity index (χ2v) is 3.60. The van der Waals surface area contributed by atoms with Gasteiger partial charge >= 0.3 is 0 Å². The molecule has 6 heteroatoms. The third-order valence-electron chi connectivity index (χ3n) is 2.49. The highest BCUT2D eigenvalue weighted by molar-refractivity contribution is 4.98. The smallest absolute Gasteiger partial charge is 0.198 e. The van der Waals surface area contributed by atoms with E-state index in [0.717, 1.165) is 0 Å². The molecule has 88 valence electrons. The molecule has 0 bridgehead atoms. The zero-order valence-electron chi connectivity index (χ0n) is 8.15. The number of aliphatic hydroxyl groups excluding tert-OH is 4. The predicted octanol–water partition coefficient (Wildman–Crippen LogP) is -2.28. The van der Waals surface area contributed by atoms with Gasteiger partial charge in [-0.3, -0.25) is 0 Å². The molecule has 6 nitrogen and oxygen atoms in total. The van der Waals surface area contributed by atoms with Crippen molar-refractivity contribution in [3.63, 3.8) is 0 Å². The van der Waals surface area contributed by atoms with Crippen molar-refractivity contribution in [2.45, 2.75) is 36.6 Å². The number of ether oxygens (including phenoxy) is 1. The molecule has 0 saturated carbocycles. The molecule has 1 aliphatic heterocycles. The summed E-state index contributed by atoms with van der Waals surface area (Å²) in [6.07, 6.45) is -4.59. The lowest BCUT2D eigenvalue weighted by molar-refractivity contribution is -0.347. The van der Waals surface area contributed by atoms with Crippen molar-refractivity contribution in [1.29, 1.82) is 0 Å². The number of aliphatic hydroxyl groups is 5. The maximum absolute atomic E-state index is 9.80. The van der Waals surface area contributed by atoms with Crippen LogP contribution in [0.1, 0.15) is 6.42 Å². The normalized spacial score (nSPS) is 46.5. The number of hydrogen-bond donors (Lipinski definition) is 5. The van der Waals surface area contributed by atoms with Crippen LogP contribution in [0.4, 0.5) is 0 Å². The zero-order chi connectivity index (χ0) is 11.6. The van der Waals surface area contributed by atoms with Gasteiger partial charge in [-0.1, -0.05) is 6.08 Å². The van der Waals surface area contributed by atoms with Crippen LogP contribution in [0.3, 0.4) is 0 Å². The third-order valence-corrected chi connectivity index (χ3v) is 2.49. The van der Waals surface area contributed by atoms with E-state index < -0.39 is 36.8 Å². The first-order valence-electron chi connectivity index (χ1n) is 4.62. The fourth-order valence-electron chi connectivity index (χ4n) is 1.60. The molecule has 1 saturated heterocycles. The summed E-state index contributed by atoms with van der Waals surface area (Å²) in [7, 11) is 0. The molecule has 0 radical (unpaired) electrons. The van der Waals surface area contributed by atoms with Crippen LogP contribution in [0.2, 0.25) is 0 Å². The number of hydrogen-bond acceptors (Lipinski definition) is 6. The second-order valence-electron chi connectivity index (χ2n) is 3.60. The summed E-state index contributed by atoms with van der Waals surface area (Å²) in [5, 5.41) is 47.0. The van der Waals surface area contributed by atoms with E-state index in [4.69, 9.17) is 9.84 Å². The van der Waals surface area contributed by atoms with Crippen molar-refractivity contribution in [2.75, 3.05) is 6.61 Å². The molecule has 0 amide bonds. The molecule has 1 fully saturated rings. The fraction of sp³-hybridized carbons (Fsp3) is 0.778. The Labute approximate surface area is 87.0 Å². The summed E-state index contributed by atoms with van der Waals surface area (Å²) in [5.74, 6) is -2.02. The summed E-state index contributed by atoms with van der Waals surface area (Å²) in [5.41, 5.74) is 0. The van der Waals surface area contributed by atoms with Crippen LogP contribution in [0.5, 0.6) is 0 Å².